The van der Waals surface area contributed by atoms with Crippen molar-refractivity contribution in [3.63, 3.8) is 0 Å². The van der Waals surface area contributed by atoms with Crippen LogP contribution in [-0.2, 0) is 11.3 Å². The van der Waals surface area contributed by atoms with Crippen LogP contribution in [0.15, 0.2) is 46.3 Å². The first kappa shape index (κ1) is 20.1. The molecule has 6 heteroatoms. The van der Waals surface area contributed by atoms with Crippen molar-refractivity contribution in [1.82, 2.24) is 9.55 Å². The van der Waals surface area contributed by atoms with Crippen molar-refractivity contribution < 1.29 is 4.79 Å². The van der Waals surface area contributed by atoms with Gasteiger partial charge >= 0.3 is 0 Å². The van der Waals surface area contributed by atoms with Gasteiger partial charge in [-0.3, -0.25) is 14.2 Å². The van der Waals surface area contributed by atoms with Crippen LogP contribution in [0.2, 0.25) is 0 Å². The number of rotatable bonds is 5. The fourth-order valence-electron chi connectivity index (χ4n) is 3.33. The van der Waals surface area contributed by atoms with E-state index in [1.807, 2.05) is 52.8 Å². The Morgan fingerprint density at radius 2 is 1.82 bits per heavy atom. The molecule has 0 saturated carbocycles. The maximum absolute atomic E-state index is 12.8. The highest BCUT2D eigenvalue weighted by Gasteiger charge is 2.20. The normalized spacial score (nSPS) is 12.2. The van der Waals surface area contributed by atoms with Gasteiger partial charge in [-0.2, -0.15) is 0 Å². The van der Waals surface area contributed by atoms with Crippen molar-refractivity contribution >= 4 is 34.3 Å². The summed E-state index contributed by atoms with van der Waals surface area (Å²) in [6, 6.07) is 11.4. The molecule has 0 spiro atoms. The lowest BCUT2D eigenvalue weighted by atomic mass is 10.1. The molecule has 0 unspecified atom stereocenters. The SMILES string of the molecule is CCn1c(S[C@H](C)C(=O)Nc2c(C)cc(C)cc2C)nc2ccccc2c1=O. The zero-order chi connectivity index (χ0) is 20.4. The predicted octanol–water partition coefficient (Wildman–Crippen LogP) is 4.46. The number of amides is 1. The molecule has 1 heterocycles. The number of para-hydroxylation sites is 1. The van der Waals surface area contributed by atoms with Crippen LogP contribution >= 0.6 is 11.8 Å². The van der Waals surface area contributed by atoms with Crippen LogP contribution in [0.3, 0.4) is 0 Å². The third kappa shape index (κ3) is 3.97. The highest BCUT2D eigenvalue weighted by atomic mass is 32.2. The zero-order valence-corrected chi connectivity index (χ0v) is 17.7. The Balaban J connectivity index is 1.88. The number of carbonyl (C=O) groups is 1. The topological polar surface area (TPSA) is 64.0 Å². The first-order chi connectivity index (χ1) is 13.3. The second-order valence-electron chi connectivity index (χ2n) is 6.98. The molecule has 1 N–H and O–H groups in total. The van der Waals surface area contributed by atoms with Gasteiger partial charge in [0.25, 0.3) is 5.56 Å². The third-order valence-electron chi connectivity index (χ3n) is 4.72. The van der Waals surface area contributed by atoms with Crippen LogP contribution in [0.1, 0.15) is 30.5 Å². The summed E-state index contributed by atoms with van der Waals surface area (Å²) in [7, 11) is 0. The molecule has 0 bridgehead atoms. The quantitative estimate of drug-likeness (QED) is 0.512. The van der Waals surface area contributed by atoms with Gasteiger partial charge in [0, 0.05) is 12.2 Å². The summed E-state index contributed by atoms with van der Waals surface area (Å²) < 4.78 is 1.62. The highest BCUT2D eigenvalue weighted by Crippen LogP contribution is 2.26. The molecule has 146 valence electrons. The Morgan fingerprint density at radius 3 is 2.46 bits per heavy atom. The van der Waals surface area contributed by atoms with Crippen molar-refractivity contribution in [1.29, 1.82) is 0 Å². The molecular formula is C22H25N3O2S. The molecule has 0 aliphatic carbocycles. The minimum absolute atomic E-state index is 0.0755. The molecule has 0 fully saturated rings. The molecule has 2 aromatic carbocycles. The Morgan fingerprint density at radius 1 is 1.18 bits per heavy atom. The Labute approximate surface area is 169 Å². The predicted molar refractivity (Wildman–Crippen MR) is 116 cm³/mol. The van der Waals surface area contributed by atoms with Gasteiger partial charge in [-0.15, -0.1) is 0 Å². The van der Waals surface area contributed by atoms with Gasteiger partial charge < -0.3 is 5.32 Å². The monoisotopic (exact) mass is 395 g/mol. The first-order valence-corrected chi connectivity index (χ1v) is 10.2. The van der Waals surface area contributed by atoms with Crippen molar-refractivity contribution in [2.45, 2.75) is 51.6 Å². The molecule has 0 radical (unpaired) electrons. The van der Waals surface area contributed by atoms with Crippen LogP contribution < -0.4 is 10.9 Å². The highest BCUT2D eigenvalue weighted by molar-refractivity contribution is 8.00. The number of fused-ring (bicyclic) bond motifs is 1. The molecule has 0 saturated heterocycles. The van der Waals surface area contributed by atoms with E-state index in [4.69, 9.17) is 0 Å². The molecule has 1 amide bonds. The van der Waals surface area contributed by atoms with Gasteiger partial charge in [-0.05, 0) is 57.9 Å². The van der Waals surface area contributed by atoms with E-state index in [-0.39, 0.29) is 11.5 Å². The number of carbonyl (C=O) groups excluding carboxylic acids is 1. The lowest BCUT2D eigenvalue weighted by Gasteiger charge is -2.17. The molecule has 1 atom stereocenters. The van der Waals surface area contributed by atoms with Crippen molar-refractivity contribution in [2.24, 2.45) is 0 Å². The van der Waals surface area contributed by atoms with E-state index in [1.165, 1.54) is 17.3 Å². The largest absolute Gasteiger partial charge is 0.325 e. The van der Waals surface area contributed by atoms with E-state index in [2.05, 4.69) is 22.4 Å². The minimum Gasteiger partial charge on any atom is -0.325 e. The van der Waals surface area contributed by atoms with Crippen LogP contribution in [-0.4, -0.2) is 20.7 Å². The standard InChI is InChI=1S/C22H25N3O2S/c1-6-25-21(27)17-9-7-8-10-18(17)23-22(25)28-16(5)20(26)24-19-14(3)11-13(2)12-15(19)4/h7-12,16H,6H2,1-5H3,(H,24,26)/t16-/m1/s1. The molecule has 0 aliphatic rings. The summed E-state index contributed by atoms with van der Waals surface area (Å²) in [5, 5.41) is 3.80. The lowest BCUT2D eigenvalue weighted by Crippen LogP contribution is -2.27. The molecule has 1 aromatic heterocycles. The van der Waals surface area contributed by atoms with Gasteiger partial charge in [-0.1, -0.05) is 41.6 Å². The number of hydrogen-bond donors (Lipinski definition) is 1. The third-order valence-corrected chi connectivity index (χ3v) is 5.81. The van der Waals surface area contributed by atoms with Gasteiger partial charge in [-0.25, -0.2) is 4.98 Å². The average Bonchev–Trinajstić information content (AvgIpc) is 2.64. The Hall–Kier alpha value is -2.60. The van der Waals surface area contributed by atoms with E-state index < -0.39 is 5.25 Å². The zero-order valence-electron chi connectivity index (χ0n) is 16.9. The van der Waals surface area contributed by atoms with Gasteiger partial charge in [0.2, 0.25) is 5.91 Å². The fourth-order valence-corrected chi connectivity index (χ4v) is 4.30. The molecule has 3 rings (SSSR count). The molecule has 28 heavy (non-hydrogen) atoms. The van der Waals surface area contributed by atoms with Crippen LogP contribution in [0.25, 0.3) is 10.9 Å². The van der Waals surface area contributed by atoms with Gasteiger partial charge in [0.15, 0.2) is 5.16 Å². The fraction of sp³-hybridized carbons (Fsp3) is 0.318. The summed E-state index contributed by atoms with van der Waals surface area (Å²) in [5.41, 5.74) is 4.67. The number of aryl methyl sites for hydroxylation is 3. The summed E-state index contributed by atoms with van der Waals surface area (Å²) >= 11 is 1.31. The average molecular weight is 396 g/mol. The van der Waals surface area contributed by atoms with Crippen LogP contribution in [0.4, 0.5) is 5.69 Å². The number of nitrogens with one attached hydrogen (secondary N) is 1. The second kappa shape index (κ2) is 8.19. The van der Waals surface area contributed by atoms with E-state index >= 15 is 0 Å². The lowest BCUT2D eigenvalue weighted by molar-refractivity contribution is -0.115. The number of anilines is 1. The number of benzene rings is 2. The Kier molecular flexibility index (Phi) is 5.89. The van der Waals surface area contributed by atoms with Crippen molar-refractivity contribution in [2.75, 3.05) is 5.32 Å². The van der Waals surface area contributed by atoms with E-state index in [9.17, 15) is 9.59 Å². The van der Waals surface area contributed by atoms with Crippen molar-refractivity contribution in [3.8, 4) is 0 Å². The first-order valence-electron chi connectivity index (χ1n) is 9.36. The van der Waals surface area contributed by atoms with E-state index in [1.54, 1.807) is 10.6 Å². The number of nitrogens with zero attached hydrogens (tertiary/aromatic N) is 2. The summed E-state index contributed by atoms with van der Waals surface area (Å²) in [6.07, 6.45) is 0. The minimum atomic E-state index is -0.397. The van der Waals surface area contributed by atoms with E-state index in [0.29, 0.717) is 22.6 Å². The summed E-state index contributed by atoms with van der Waals surface area (Å²) in [5.74, 6) is -0.106. The number of hydrogen-bond acceptors (Lipinski definition) is 4. The molecule has 5 nitrogen and oxygen atoms in total. The van der Waals surface area contributed by atoms with E-state index in [0.717, 1.165) is 16.8 Å². The molecule has 3 aromatic rings. The maximum Gasteiger partial charge on any atom is 0.262 e. The summed E-state index contributed by atoms with van der Waals surface area (Å²) in [4.78, 5) is 30.2. The number of aromatic nitrogens is 2. The molecule has 0 aliphatic heterocycles. The Bertz CT molecular complexity index is 1080. The van der Waals surface area contributed by atoms with Crippen LogP contribution in [0, 0.1) is 20.8 Å². The second-order valence-corrected chi connectivity index (χ2v) is 8.29. The van der Waals surface area contributed by atoms with Gasteiger partial charge in [0.05, 0.1) is 16.2 Å². The smallest absolute Gasteiger partial charge is 0.262 e. The summed E-state index contributed by atoms with van der Waals surface area (Å²) in [6.45, 7) is 10.3. The number of thioether (sulfide) groups is 1. The molecular weight excluding hydrogens is 370 g/mol. The van der Waals surface area contributed by atoms with Crippen molar-refractivity contribution in [3.05, 3.63) is 63.4 Å². The van der Waals surface area contributed by atoms with Crippen LogP contribution in [0.5, 0.6) is 0 Å². The van der Waals surface area contributed by atoms with Gasteiger partial charge in [0.1, 0.15) is 0 Å². The maximum atomic E-state index is 12.8.